The molecule has 0 aliphatic carbocycles. The highest BCUT2D eigenvalue weighted by molar-refractivity contribution is 5.88. The van der Waals surface area contributed by atoms with Gasteiger partial charge >= 0.3 is 5.97 Å². The van der Waals surface area contributed by atoms with E-state index >= 15 is 0 Å². The summed E-state index contributed by atoms with van der Waals surface area (Å²) >= 11 is 0. The molecule has 192 valence electrons. The molecule has 2 unspecified atom stereocenters. The van der Waals surface area contributed by atoms with Crippen molar-refractivity contribution in [3.63, 3.8) is 0 Å². The van der Waals surface area contributed by atoms with Crippen LogP contribution in [-0.4, -0.2) is 48.1 Å². The first-order valence-corrected chi connectivity index (χ1v) is 12.8. The van der Waals surface area contributed by atoms with Crippen molar-refractivity contribution in [2.75, 3.05) is 7.05 Å². The van der Waals surface area contributed by atoms with E-state index in [4.69, 9.17) is 4.74 Å². The van der Waals surface area contributed by atoms with Gasteiger partial charge in [0.2, 0.25) is 11.8 Å². The average Bonchev–Trinajstić information content (AvgIpc) is 3.16. The maximum absolute atomic E-state index is 13.3. The van der Waals surface area contributed by atoms with E-state index in [0.717, 1.165) is 44.9 Å². The van der Waals surface area contributed by atoms with E-state index in [0.29, 0.717) is 18.7 Å². The summed E-state index contributed by atoms with van der Waals surface area (Å²) in [5.41, 5.74) is 1.21. The lowest BCUT2D eigenvalue weighted by molar-refractivity contribution is -0.143. The van der Waals surface area contributed by atoms with E-state index in [1.165, 1.54) is 5.57 Å². The Balaban J connectivity index is 2.32. The van der Waals surface area contributed by atoms with Crippen LogP contribution in [0, 0.1) is 11.8 Å². The number of aliphatic carboxylic acids is 1. The first-order chi connectivity index (χ1) is 16.2. The number of hydrogen-bond donors (Lipinski definition) is 4. The number of carboxylic acids is 1. The van der Waals surface area contributed by atoms with E-state index in [9.17, 15) is 19.5 Å². The van der Waals surface area contributed by atoms with Gasteiger partial charge < -0.3 is 25.8 Å². The highest BCUT2D eigenvalue weighted by atomic mass is 16.5. The molecule has 8 heteroatoms. The van der Waals surface area contributed by atoms with Crippen LogP contribution in [0.5, 0.6) is 0 Å². The molecule has 0 fully saturated rings. The van der Waals surface area contributed by atoms with E-state index in [2.05, 4.69) is 22.9 Å². The van der Waals surface area contributed by atoms with Gasteiger partial charge in [-0.1, -0.05) is 45.8 Å². The van der Waals surface area contributed by atoms with Crippen molar-refractivity contribution >= 4 is 17.8 Å². The van der Waals surface area contributed by atoms with Crippen molar-refractivity contribution in [1.82, 2.24) is 16.0 Å². The maximum atomic E-state index is 13.3. The van der Waals surface area contributed by atoms with Gasteiger partial charge in [-0.3, -0.25) is 9.59 Å². The summed E-state index contributed by atoms with van der Waals surface area (Å²) in [6.45, 7) is 6.23. The standard InChI is InChI=1S/C26H43N3O5/c1-5-6-8-12-19-15-20-13-10-7-9-11-18(23(30)27-4)16-22(26(32)33)28-24(31)21(14-17(2)3)29-25(19)34-20/h7,9,17-18,20-22,29H,5-6,8,10-16H2,1-4H3,(H,27,30)(H,28,31)(H,32,33)/b9-7+/t18?,20?,21-,22-/m0/s1. The molecule has 0 aromatic rings. The van der Waals surface area contributed by atoms with Crippen molar-refractivity contribution in [3.05, 3.63) is 23.6 Å². The Bertz CT molecular complexity index is 762. The minimum Gasteiger partial charge on any atom is -0.480 e. The number of amides is 2. The smallest absolute Gasteiger partial charge is 0.326 e. The Hall–Kier alpha value is -2.51. The maximum Gasteiger partial charge on any atom is 0.326 e. The second-order valence-corrected chi connectivity index (χ2v) is 9.89. The summed E-state index contributed by atoms with van der Waals surface area (Å²) in [6, 6.07) is -1.77. The van der Waals surface area contributed by atoms with Crippen LogP contribution in [0.15, 0.2) is 23.6 Å². The fourth-order valence-electron chi connectivity index (χ4n) is 4.57. The number of unbranched alkanes of at least 4 members (excludes halogenated alkanes) is 2. The third-order valence-corrected chi connectivity index (χ3v) is 6.49. The molecule has 8 nitrogen and oxygen atoms in total. The molecule has 0 saturated carbocycles. The zero-order valence-corrected chi connectivity index (χ0v) is 21.2. The minimum absolute atomic E-state index is 0.0313. The Morgan fingerprint density at radius 3 is 2.65 bits per heavy atom. The predicted molar refractivity (Wildman–Crippen MR) is 132 cm³/mol. The molecule has 2 aliphatic heterocycles. The topological polar surface area (TPSA) is 117 Å². The van der Waals surface area contributed by atoms with Crippen LogP contribution in [-0.2, 0) is 19.1 Å². The third kappa shape index (κ3) is 8.69. The molecule has 4 N–H and O–H groups in total. The number of carbonyl (C=O) groups is 3. The first-order valence-electron chi connectivity index (χ1n) is 12.8. The van der Waals surface area contributed by atoms with Gasteiger partial charge in [-0.05, 0) is 56.4 Å². The van der Waals surface area contributed by atoms with Crippen LogP contribution >= 0.6 is 0 Å². The van der Waals surface area contributed by atoms with E-state index in [1.54, 1.807) is 7.05 Å². The Kier molecular flexibility index (Phi) is 11.4. The Morgan fingerprint density at radius 1 is 1.24 bits per heavy atom. The number of carbonyl (C=O) groups excluding carboxylic acids is 2. The SMILES string of the molecule is CCCCCC1=C2N[C@@H](CC(C)C)C(=O)N[C@H](C(=O)O)CC(C(=O)NC)C/C=C/CCC(C1)O2. The van der Waals surface area contributed by atoms with Gasteiger partial charge in [0.15, 0.2) is 5.88 Å². The minimum atomic E-state index is -1.15. The molecule has 2 amide bonds. The zero-order chi connectivity index (χ0) is 25.1. The number of nitrogens with one attached hydrogen (secondary N) is 3. The Morgan fingerprint density at radius 2 is 2.00 bits per heavy atom. The fraction of sp³-hybridized carbons (Fsp3) is 0.731. The van der Waals surface area contributed by atoms with Gasteiger partial charge in [-0.15, -0.1) is 0 Å². The van der Waals surface area contributed by atoms with Crippen LogP contribution in [0.2, 0.25) is 0 Å². The van der Waals surface area contributed by atoms with E-state index in [-0.39, 0.29) is 30.3 Å². The zero-order valence-electron chi connectivity index (χ0n) is 21.2. The molecule has 2 bridgehead atoms. The second-order valence-electron chi connectivity index (χ2n) is 9.89. The normalized spacial score (nSPS) is 27.1. The van der Waals surface area contributed by atoms with Crippen molar-refractivity contribution in [1.29, 1.82) is 0 Å². The number of fused-ring (bicyclic) bond motifs is 2. The molecular formula is C26H43N3O5. The fourth-order valence-corrected chi connectivity index (χ4v) is 4.57. The average molecular weight is 478 g/mol. The number of carboxylic acid groups (broad SMARTS) is 1. The monoisotopic (exact) mass is 477 g/mol. The van der Waals surface area contributed by atoms with Crippen LogP contribution in [0.4, 0.5) is 0 Å². The van der Waals surface area contributed by atoms with Crippen LogP contribution < -0.4 is 16.0 Å². The van der Waals surface area contributed by atoms with Crippen molar-refractivity contribution in [2.45, 2.75) is 103 Å². The molecule has 0 spiro atoms. The largest absolute Gasteiger partial charge is 0.480 e. The molecule has 0 saturated heterocycles. The second kappa shape index (κ2) is 14.0. The Labute approximate surface area is 204 Å². The highest BCUT2D eigenvalue weighted by Crippen LogP contribution is 2.31. The summed E-state index contributed by atoms with van der Waals surface area (Å²) in [4.78, 5) is 37.6. The number of allylic oxidation sites excluding steroid dienone is 2. The van der Waals surface area contributed by atoms with Crippen molar-refractivity contribution in [2.24, 2.45) is 11.8 Å². The summed E-state index contributed by atoms with van der Waals surface area (Å²) in [7, 11) is 1.54. The lowest BCUT2D eigenvalue weighted by Gasteiger charge is -2.26. The summed E-state index contributed by atoms with van der Waals surface area (Å²) in [6.07, 6.45) is 11.8. The molecule has 0 radical (unpaired) electrons. The molecule has 34 heavy (non-hydrogen) atoms. The van der Waals surface area contributed by atoms with Gasteiger partial charge in [0.1, 0.15) is 18.2 Å². The molecular weight excluding hydrogens is 434 g/mol. The summed E-state index contributed by atoms with van der Waals surface area (Å²) < 4.78 is 6.27. The quantitative estimate of drug-likeness (QED) is 0.313. The summed E-state index contributed by atoms with van der Waals surface area (Å²) in [5, 5.41) is 18.4. The van der Waals surface area contributed by atoms with Crippen LogP contribution in [0.1, 0.15) is 85.0 Å². The highest BCUT2D eigenvalue weighted by Gasteiger charge is 2.33. The van der Waals surface area contributed by atoms with Gasteiger partial charge in [0.25, 0.3) is 0 Å². The molecule has 2 aliphatic rings. The van der Waals surface area contributed by atoms with Gasteiger partial charge in [0, 0.05) is 19.4 Å². The first kappa shape index (κ1) is 27.7. The van der Waals surface area contributed by atoms with Gasteiger partial charge in [0.05, 0.1) is 0 Å². The summed E-state index contributed by atoms with van der Waals surface area (Å²) in [5.74, 6) is -1.38. The predicted octanol–water partition coefficient (Wildman–Crippen LogP) is 3.63. The third-order valence-electron chi connectivity index (χ3n) is 6.49. The molecule has 0 aromatic heterocycles. The van der Waals surface area contributed by atoms with Crippen LogP contribution in [0.25, 0.3) is 0 Å². The van der Waals surface area contributed by atoms with Crippen LogP contribution in [0.3, 0.4) is 0 Å². The number of rotatable bonds is 8. The van der Waals surface area contributed by atoms with Crippen molar-refractivity contribution in [3.8, 4) is 0 Å². The van der Waals surface area contributed by atoms with E-state index in [1.807, 2.05) is 26.0 Å². The lowest BCUT2D eigenvalue weighted by atomic mass is 9.94. The molecule has 4 atom stereocenters. The molecule has 2 rings (SSSR count). The van der Waals surface area contributed by atoms with Crippen molar-refractivity contribution < 1.29 is 24.2 Å². The molecule has 2 heterocycles. The number of hydrogen-bond acceptors (Lipinski definition) is 5. The molecule has 0 aromatic carbocycles. The lowest BCUT2D eigenvalue weighted by Crippen LogP contribution is -2.51. The van der Waals surface area contributed by atoms with Gasteiger partial charge in [-0.25, -0.2) is 4.79 Å². The van der Waals surface area contributed by atoms with E-state index < -0.39 is 24.0 Å². The number of ether oxygens (including phenoxy) is 1. The van der Waals surface area contributed by atoms with Gasteiger partial charge in [-0.2, -0.15) is 0 Å².